The number of imidazole rings is 1. The van der Waals surface area contributed by atoms with Gasteiger partial charge in [-0.25, -0.2) is 15.0 Å². The second-order valence-electron chi connectivity index (χ2n) is 6.72. The summed E-state index contributed by atoms with van der Waals surface area (Å²) in [6, 6.07) is 9.44. The maximum Gasteiger partial charge on any atom is 0.254 e. The van der Waals surface area contributed by atoms with Crippen LogP contribution in [0.3, 0.4) is 0 Å². The Balaban J connectivity index is 1.71. The van der Waals surface area contributed by atoms with Crippen molar-refractivity contribution in [2.24, 2.45) is 0 Å². The first-order chi connectivity index (χ1) is 14.0. The Labute approximate surface area is 165 Å². The zero-order valence-electron chi connectivity index (χ0n) is 15.2. The summed E-state index contributed by atoms with van der Waals surface area (Å²) in [4.78, 5) is 18.4. The molecule has 1 aromatic carbocycles. The van der Waals surface area contributed by atoms with Gasteiger partial charge < -0.3 is 35.7 Å². The van der Waals surface area contributed by atoms with Crippen molar-refractivity contribution in [3.8, 4) is 11.5 Å². The SMILES string of the molecule is Nc1nc(Cc2ccccc2)n(OC2O[C@H](CO)[C@@H](O)[C@H](O)[C@H]2O)c2ncnc1-2. The van der Waals surface area contributed by atoms with Gasteiger partial charge in [0.1, 0.15) is 30.7 Å². The largest absolute Gasteiger partial charge is 0.394 e. The lowest BCUT2D eigenvalue weighted by atomic mass is 9.99. The molecule has 154 valence electrons. The van der Waals surface area contributed by atoms with E-state index in [1.807, 2.05) is 30.3 Å². The molecule has 3 aliphatic rings. The molecule has 4 rings (SSSR count). The van der Waals surface area contributed by atoms with Crippen molar-refractivity contribution in [3.05, 3.63) is 48.0 Å². The van der Waals surface area contributed by atoms with E-state index in [1.165, 1.54) is 11.1 Å². The number of aliphatic hydroxyl groups is 4. The summed E-state index contributed by atoms with van der Waals surface area (Å²) in [6.07, 6.45) is -5.55. The fraction of sp³-hybridized carbons (Fsp3) is 0.389. The van der Waals surface area contributed by atoms with Gasteiger partial charge in [-0.3, -0.25) is 0 Å². The Kier molecular flexibility index (Phi) is 5.30. The predicted molar refractivity (Wildman–Crippen MR) is 98.4 cm³/mol. The lowest BCUT2D eigenvalue weighted by molar-refractivity contribution is -0.300. The van der Waals surface area contributed by atoms with E-state index in [0.717, 1.165) is 5.56 Å². The number of hydrogen-bond donors (Lipinski definition) is 5. The molecule has 0 spiro atoms. The first-order valence-electron chi connectivity index (χ1n) is 8.99. The lowest BCUT2D eigenvalue weighted by Gasteiger charge is -2.39. The van der Waals surface area contributed by atoms with Gasteiger partial charge in [0.25, 0.3) is 6.29 Å². The number of aliphatic hydroxyl groups excluding tert-OH is 4. The molecule has 11 nitrogen and oxygen atoms in total. The summed E-state index contributed by atoms with van der Waals surface area (Å²) in [5, 5.41) is 39.7. The fourth-order valence-electron chi connectivity index (χ4n) is 3.21. The first kappa shape index (κ1) is 19.5. The standard InChI is InChI=1S/C18H21N5O6/c19-16-12-17(21-8-20-12)23(11(22-16)6-9-4-2-1-3-5-9)29-18-15(27)14(26)13(25)10(7-24)28-18/h1-5,8,10,13-15,18,24-27H,6-7,19H2/t10-,13-,14+,15-,18?/m1/s1. The van der Waals surface area contributed by atoms with Crippen molar-refractivity contribution >= 4 is 5.82 Å². The van der Waals surface area contributed by atoms with Crippen LogP contribution in [0.1, 0.15) is 11.4 Å². The molecule has 3 aliphatic heterocycles. The van der Waals surface area contributed by atoms with E-state index in [4.69, 9.17) is 15.3 Å². The number of nitrogens with zero attached hydrogens (tertiary/aromatic N) is 4. The summed E-state index contributed by atoms with van der Waals surface area (Å²) in [5.74, 6) is 0.774. The normalized spacial score (nSPS) is 27.2. The van der Waals surface area contributed by atoms with Crippen LogP contribution in [0.25, 0.3) is 11.5 Å². The number of aromatic nitrogens is 4. The van der Waals surface area contributed by atoms with Crippen LogP contribution in [0.4, 0.5) is 5.82 Å². The van der Waals surface area contributed by atoms with Crippen molar-refractivity contribution < 1.29 is 30.0 Å². The van der Waals surface area contributed by atoms with Crippen LogP contribution >= 0.6 is 0 Å². The molecule has 0 aliphatic carbocycles. The van der Waals surface area contributed by atoms with E-state index in [0.29, 0.717) is 17.9 Å². The first-order valence-corrected chi connectivity index (χ1v) is 8.99. The van der Waals surface area contributed by atoms with Gasteiger partial charge in [-0.15, -0.1) is 4.73 Å². The Morgan fingerprint density at radius 2 is 1.83 bits per heavy atom. The quantitative estimate of drug-likeness (QED) is 0.327. The Morgan fingerprint density at radius 3 is 2.55 bits per heavy atom. The highest BCUT2D eigenvalue weighted by atomic mass is 16.8. The third kappa shape index (κ3) is 3.61. The minimum Gasteiger partial charge on any atom is -0.394 e. The summed E-state index contributed by atoms with van der Waals surface area (Å²) in [7, 11) is 0. The molecule has 1 fully saturated rings. The molecule has 0 bridgehead atoms. The van der Waals surface area contributed by atoms with Crippen LogP contribution in [0.15, 0.2) is 36.7 Å². The van der Waals surface area contributed by atoms with Crippen LogP contribution in [-0.4, -0.2) is 77.4 Å². The van der Waals surface area contributed by atoms with Crippen molar-refractivity contribution in [1.29, 1.82) is 0 Å². The lowest BCUT2D eigenvalue weighted by Crippen LogP contribution is -2.61. The Morgan fingerprint density at radius 1 is 1.07 bits per heavy atom. The zero-order chi connectivity index (χ0) is 20.5. The van der Waals surface area contributed by atoms with Gasteiger partial charge in [0.2, 0.25) is 5.82 Å². The highest BCUT2D eigenvalue weighted by Crippen LogP contribution is 2.27. The van der Waals surface area contributed by atoms with E-state index < -0.39 is 37.3 Å². The van der Waals surface area contributed by atoms with Gasteiger partial charge in [0.15, 0.2) is 17.3 Å². The molecule has 1 unspecified atom stereocenters. The van der Waals surface area contributed by atoms with E-state index in [9.17, 15) is 20.4 Å². The monoisotopic (exact) mass is 403 g/mol. The summed E-state index contributed by atoms with van der Waals surface area (Å²) < 4.78 is 6.67. The number of rotatable bonds is 5. The van der Waals surface area contributed by atoms with Crippen LogP contribution in [0.5, 0.6) is 0 Å². The molecule has 11 heteroatoms. The molecule has 6 N–H and O–H groups in total. The average Bonchev–Trinajstić information content (AvgIpc) is 3.22. The topological polar surface area (TPSA) is 169 Å². The predicted octanol–water partition coefficient (Wildman–Crippen LogP) is -1.82. The number of nitrogens with two attached hydrogens (primary N) is 1. The third-order valence-corrected chi connectivity index (χ3v) is 4.76. The minimum absolute atomic E-state index is 0.164. The van der Waals surface area contributed by atoms with Gasteiger partial charge in [0.05, 0.1) is 6.61 Å². The number of anilines is 1. The van der Waals surface area contributed by atoms with Gasteiger partial charge in [-0.05, 0) is 5.56 Å². The molecular formula is C18H21N5O6. The molecule has 0 radical (unpaired) electrons. The smallest absolute Gasteiger partial charge is 0.254 e. The second-order valence-corrected chi connectivity index (χ2v) is 6.72. The summed E-state index contributed by atoms with van der Waals surface area (Å²) >= 11 is 0. The van der Waals surface area contributed by atoms with Crippen LogP contribution in [-0.2, 0) is 11.2 Å². The molecule has 5 atom stereocenters. The molecule has 29 heavy (non-hydrogen) atoms. The molecular weight excluding hydrogens is 382 g/mol. The molecule has 0 aromatic heterocycles. The van der Waals surface area contributed by atoms with Gasteiger partial charge >= 0.3 is 0 Å². The van der Waals surface area contributed by atoms with E-state index in [1.54, 1.807) is 0 Å². The van der Waals surface area contributed by atoms with Crippen LogP contribution in [0, 0.1) is 0 Å². The van der Waals surface area contributed by atoms with E-state index in [2.05, 4.69) is 15.0 Å². The number of nitrogen functional groups attached to an aromatic ring is 1. The molecule has 3 heterocycles. The van der Waals surface area contributed by atoms with Gasteiger partial charge in [0, 0.05) is 6.42 Å². The van der Waals surface area contributed by atoms with Crippen molar-refractivity contribution in [2.75, 3.05) is 12.3 Å². The van der Waals surface area contributed by atoms with Crippen molar-refractivity contribution in [3.63, 3.8) is 0 Å². The second kappa shape index (κ2) is 7.89. The van der Waals surface area contributed by atoms with Gasteiger partial charge in [-0.2, -0.15) is 0 Å². The maximum atomic E-state index is 10.3. The number of ether oxygens (including phenoxy) is 1. The highest BCUT2D eigenvalue weighted by molar-refractivity contribution is 5.65. The minimum atomic E-state index is -1.58. The summed E-state index contributed by atoms with van der Waals surface area (Å²) in [6.45, 7) is -0.572. The van der Waals surface area contributed by atoms with E-state index in [-0.39, 0.29) is 11.6 Å². The maximum absolute atomic E-state index is 10.3. The molecule has 0 saturated carbocycles. The highest BCUT2D eigenvalue weighted by Gasteiger charge is 2.45. The molecule has 1 saturated heterocycles. The number of hydrogen-bond acceptors (Lipinski definition) is 10. The molecule has 0 amide bonds. The van der Waals surface area contributed by atoms with Crippen molar-refractivity contribution in [2.45, 2.75) is 37.1 Å². The fourth-order valence-corrected chi connectivity index (χ4v) is 3.21. The van der Waals surface area contributed by atoms with Crippen molar-refractivity contribution in [1.82, 2.24) is 19.7 Å². The number of fused-ring (bicyclic) bond motifs is 1. The van der Waals surface area contributed by atoms with Gasteiger partial charge in [-0.1, -0.05) is 30.3 Å². The zero-order valence-corrected chi connectivity index (χ0v) is 15.2. The average molecular weight is 403 g/mol. The Hall–Kier alpha value is -2.83. The molecule has 1 aromatic rings. The van der Waals surface area contributed by atoms with Crippen LogP contribution < -0.4 is 10.6 Å². The van der Waals surface area contributed by atoms with Crippen LogP contribution in [0.2, 0.25) is 0 Å². The Bertz CT molecular complexity index is 936. The summed E-state index contributed by atoms with van der Waals surface area (Å²) in [5.41, 5.74) is 7.22. The number of benzene rings is 1. The van der Waals surface area contributed by atoms with E-state index >= 15 is 0 Å². The third-order valence-electron chi connectivity index (χ3n) is 4.76.